The van der Waals surface area contributed by atoms with Gasteiger partial charge < -0.3 is 9.88 Å². The smallest absolute Gasteiger partial charge is 0.327 e. The Morgan fingerprint density at radius 2 is 1.63 bits per heavy atom. The fraction of sp³-hybridized carbons (Fsp3) is 0.143. The first kappa shape index (κ1) is 22.4. The summed E-state index contributed by atoms with van der Waals surface area (Å²) < 4.78 is 17.9. The minimum absolute atomic E-state index is 0.206. The molecule has 0 unspecified atom stereocenters. The average Bonchev–Trinajstić information content (AvgIpc) is 3.51. The number of aryl methyl sites for hydroxylation is 1. The van der Waals surface area contributed by atoms with Gasteiger partial charge in [0.1, 0.15) is 11.6 Å². The van der Waals surface area contributed by atoms with Crippen LogP contribution < -0.4 is 11.0 Å². The fourth-order valence-electron chi connectivity index (χ4n) is 4.35. The molecule has 35 heavy (non-hydrogen) atoms. The molecule has 7 heteroatoms. The lowest BCUT2D eigenvalue weighted by molar-refractivity contribution is 0.556. The van der Waals surface area contributed by atoms with Gasteiger partial charge in [0, 0.05) is 31.0 Å². The lowest BCUT2D eigenvalue weighted by Gasteiger charge is -2.21. The minimum Gasteiger partial charge on any atom is -0.359 e. The largest absolute Gasteiger partial charge is 0.359 e. The van der Waals surface area contributed by atoms with Crippen LogP contribution >= 0.6 is 0 Å². The van der Waals surface area contributed by atoms with Crippen molar-refractivity contribution in [2.24, 2.45) is 0 Å². The van der Waals surface area contributed by atoms with Crippen molar-refractivity contribution < 1.29 is 4.39 Å². The summed E-state index contributed by atoms with van der Waals surface area (Å²) in [5.41, 5.74) is 3.14. The second-order valence-corrected chi connectivity index (χ2v) is 8.37. The van der Waals surface area contributed by atoms with E-state index in [1.165, 1.54) is 12.1 Å². The maximum Gasteiger partial charge on any atom is 0.327 e. The number of hydrogen-bond acceptors (Lipinski definition) is 3. The van der Waals surface area contributed by atoms with E-state index in [0.717, 1.165) is 24.1 Å². The van der Waals surface area contributed by atoms with E-state index in [1.807, 2.05) is 77.5 Å². The molecule has 0 saturated heterocycles. The lowest BCUT2D eigenvalue weighted by Crippen LogP contribution is -2.18. The Morgan fingerprint density at radius 3 is 2.26 bits per heavy atom. The predicted octanol–water partition coefficient (Wildman–Crippen LogP) is 5.47. The number of aromatic nitrogens is 4. The molecular weight excluding hydrogens is 441 g/mol. The average molecular weight is 468 g/mol. The standard InChI is InChI=1S/C28H26FN5O/c29-24-14-7-13-23(19-24)26-27(32-28(35)34(26)17-8-16-33-18-15-30-20-33)31-25(21-9-3-1-4-10-21)22-11-5-2-6-12-22/h1-7,9-15,18-20,25,31H,8,16-17H2,(H,32,35). The van der Waals surface area contributed by atoms with E-state index in [9.17, 15) is 9.18 Å². The summed E-state index contributed by atoms with van der Waals surface area (Å²) >= 11 is 0. The summed E-state index contributed by atoms with van der Waals surface area (Å²) in [5, 5.41) is 3.55. The van der Waals surface area contributed by atoms with Gasteiger partial charge >= 0.3 is 5.69 Å². The predicted molar refractivity (Wildman–Crippen MR) is 136 cm³/mol. The molecule has 2 N–H and O–H groups in total. The highest BCUT2D eigenvalue weighted by molar-refractivity contribution is 5.73. The van der Waals surface area contributed by atoms with Gasteiger partial charge in [0.2, 0.25) is 0 Å². The van der Waals surface area contributed by atoms with Crippen molar-refractivity contribution in [1.82, 2.24) is 19.1 Å². The molecule has 0 fully saturated rings. The first-order chi connectivity index (χ1) is 17.2. The maximum atomic E-state index is 14.2. The van der Waals surface area contributed by atoms with Crippen LogP contribution in [0.25, 0.3) is 11.3 Å². The molecule has 6 nitrogen and oxygen atoms in total. The highest BCUT2D eigenvalue weighted by Crippen LogP contribution is 2.32. The molecule has 5 aromatic rings. The van der Waals surface area contributed by atoms with Gasteiger partial charge in [0.15, 0.2) is 0 Å². The van der Waals surface area contributed by atoms with Crippen LogP contribution in [0.1, 0.15) is 23.6 Å². The van der Waals surface area contributed by atoms with Gasteiger partial charge in [-0.2, -0.15) is 0 Å². The molecule has 3 aromatic carbocycles. The summed E-state index contributed by atoms with van der Waals surface area (Å²) in [4.78, 5) is 20.2. The Labute approximate surface area is 202 Å². The van der Waals surface area contributed by atoms with Crippen LogP contribution in [0.4, 0.5) is 10.2 Å². The summed E-state index contributed by atoms with van der Waals surface area (Å²) in [6.07, 6.45) is 6.10. The minimum atomic E-state index is -0.352. The number of hydrogen-bond donors (Lipinski definition) is 2. The van der Waals surface area contributed by atoms with Crippen molar-refractivity contribution in [2.75, 3.05) is 5.32 Å². The summed E-state index contributed by atoms with van der Waals surface area (Å²) in [5.74, 6) is 0.204. The molecule has 0 aliphatic heterocycles. The van der Waals surface area contributed by atoms with Gasteiger partial charge in [-0.25, -0.2) is 14.2 Å². The molecule has 2 heterocycles. The zero-order valence-corrected chi connectivity index (χ0v) is 19.1. The van der Waals surface area contributed by atoms with Crippen LogP contribution in [0.15, 0.2) is 108 Å². The van der Waals surface area contributed by atoms with Crippen LogP contribution in [0.2, 0.25) is 0 Å². The van der Waals surface area contributed by atoms with Crippen LogP contribution in [0.3, 0.4) is 0 Å². The van der Waals surface area contributed by atoms with Crippen LogP contribution in [-0.4, -0.2) is 19.1 Å². The molecular formula is C28H26FN5O. The van der Waals surface area contributed by atoms with Gasteiger partial charge in [0.05, 0.1) is 18.1 Å². The fourth-order valence-corrected chi connectivity index (χ4v) is 4.35. The Bertz CT molecular complexity index is 1390. The Balaban J connectivity index is 1.55. The third kappa shape index (κ3) is 5.09. The van der Waals surface area contributed by atoms with Crippen LogP contribution in [0.5, 0.6) is 0 Å². The second-order valence-electron chi connectivity index (χ2n) is 8.37. The van der Waals surface area contributed by atoms with Crippen molar-refractivity contribution in [3.05, 3.63) is 131 Å². The van der Waals surface area contributed by atoms with Crippen molar-refractivity contribution in [3.63, 3.8) is 0 Å². The number of imidazole rings is 2. The number of anilines is 1. The molecule has 0 bridgehead atoms. The first-order valence-corrected chi connectivity index (χ1v) is 11.6. The zero-order valence-electron chi connectivity index (χ0n) is 19.1. The van der Waals surface area contributed by atoms with E-state index >= 15 is 0 Å². The lowest BCUT2D eigenvalue weighted by atomic mass is 9.98. The van der Waals surface area contributed by atoms with Crippen molar-refractivity contribution >= 4 is 5.82 Å². The van der Waals surface area contributed by atoms with Crippen LogP contribution in [0, 0.1) is 5.82 Å². The molecule has 0 amide bonds. The highest BCUT2D eigenvalue weighted by Gasteiger charge is 2.21. The van der Waals surface area contributed by atoms with Crippen LogP contribution in [-0.2, 0) is 13.1 Å². The Hall–Kier alpha value is -4.39. The number of halogens is 1. The summed E-state index contributed by atoms with van der Waals surface area (Å²) in [7, 11) is 0. The van der Waals surface area contributed by atoms with E-state index in [0.29, 0.717) is 23.6 Å². The molecule has 5 rings (SSSR count). The third-order valence-electron chi connectivity index (χ3n) is 5.99. The Morgan fingerprint density at radius 1 is 0.914 bits per heavy atom. The molecule has 176 valence electrons. The SMILES string of the molecule is O=c1[nH]c(NC(c2ccccc2)c2ccccc2)c(-c2cccc(F)c2)n1CCCn1ccnc1. The quantitative estimate of drug-likeness (QED) is 0.302. The van der Waals surface area contributed by atoms with Crippen molar-refractivity contribution in [1.29, 1.82) is 0 Å². The summed E-state index contributed by atoms with van der Waals surface area (Å²) in [6.45, 7) is 1.20. The van der Waals surface area contributed by atoms with Gasteiger partial charge in [-0.15, -0.1) is 0 Å². The number of aromatic amines is 1. The molecule has 0 aliphatic carbocycles. The number of H-pyrrole nitrogens is 1. The molecule has 0 saturated carbocycles. The second kappa shape index (κ2) is 10.3. The maximum absolute atomic E-state index is 14.2. The van der Waals surface area contributed by atoms with E-state index in [-0.39, 0.29) is 17.5 Å². The van der Waals surface area contributed by atoms with E-state index in [2.05, 4.69) is 15.3 Å². The monoisotopic (exact) mass is 467 g/mol. The van der Waals surface area contributed by atoms with Crippen molar-refractivity contribution in [2.45, 2.75) is 25.6 Å². The first-order valence-electron chi connectivity index (χ1n) is 11.6. The van der Waals surface area contributed by atoms with Gasteiger partial charge in [-0.3, -0.25) is 9.55 Å². The Kier molecular flexibility index (Phi) is 6.57. The molecule has 0 atom stereocenters. The molecule has 0 spiro atoms. The normalized spacial score (nSPS) is 11.1. The van der Waals surface area contributed by atoms with Gasteiger partial charge in [-0.05, 0) is 29.7 Å². The molecule has 0 aliphatic rings. The number of rotatable bonds is 9. The topological polar surface area (TPSA) is 67.6 Å². The van der Waals surface area contributed by atoms with E-state index < -0.39 is 0 Å². The molecule has 0 radical (unpaired) electrons. The van der Waals surface area contributed by atoms with E-state index in [4.69, 9.17) is 0 Å². The highest BCUT2D eigenvalue weighted by atomic mass is 19.1. The van der Waals surface area contributed by atoms with Gasteiger partial charge in [0.25, 0.3) is 0 Å². The van der Waals surface area contributed by atoms with E-state index in [1.54, 1.807) is 23.2 Å². The number of nitrogens with zero attached hydrogens (tertiary/aromatic N) is 3. The number of benzene rings is 3. The van der Waals surface area contributed by atoms with Gasteiger partial charge in [-0.1, -0.05) is 72.8 Å². The summed E-state index contributed by atoms with van der Waals surface area (Å²) in [6, 6.07) is 26.2. The number of nitrogens with one attached hydrogen (secondary N) is 2. The van der Waals surface area contributed by atoms with Crippen molar-refractivity contribution in [3.8, 4) is 11.3 Å². The molecule has 2 aromatic heterocycles. The third-order valence-corrected chi connectivity index (χ3v) is 5.99. The zero-order chi connectivity index (χ0) is 24.0.